The number of benzene rings is 3. The smallest absolute Gasteiger partial charge is 0.265 e. The quantitative estimate of drug-likeness (QED) is 0.722. The fourth-order valence-electron chi connectivity index (χ4n) is 3.46. The average Bonchev–Trinajstić information content (AvgIpc) is 3.24. The van der Waals surface area contributed by atoms with Gasteiger partial charge in [0.05, 0.1) is 12.2 Å². The molecular formula is C23H18N2O5. The van der Waals surface area contributed by atoms with Crippen LogP contribution in [0.15, 0.2) is 66.7 Å². The lowest BCUT2D eigenvalue weighted by molar-refractivity contribution is -0.121. The van der Waals surface area contributed by atoms with Crippen LogP contribution in [0.5, 0.6) is 17.2 Å². The van der Waals surface area contributed by atoms with Gasteiger partial charge in [0.1, 0.15) is 5.75 Å². The highest BCUT2D eigenvalue weighted by Crippen LogP contribution is 2.36. The Morgan fingerprint density at radius 3 is 2.57 bits per heavy atom. The molecule has 5 rings (SSSR count). The molecule has 0 saturated carbocycles. The van der Waals surface area contributed by atoms with Crippen LogP contribution in [0, 0.1) is 0 Å². The van der Waals surface area contributed by atoms with Gasteiger partial charge in [-0.2, -0.15) is 0 Å². The van der Waals surface area contributed by atoms with Crippen molar-refractivity contribution in [2.24, 2.45) is 0 Å². The van der Waals surface area contributed by atoms with Gasteiger partial charge in [-0.25, -0.2) is 0 Å². The monoisotopic (exact) mass is 402 g/mol. The first kappa shape index (κ1) is 18.1. The van der Waals surface area contributed by atoms with Crippen LogP contribution in [-0.2, 0) is 11.3 Å². The summed E-state index contributed by atoms with van der Waals surface area (Å²) in [7, 11) is 0. The molecule has 2 heterocycles. The molecule has 0 saturated heterocycles. The van der Waals surface area contributed by atoms with Crippen molar-refractivity contribution < 1.29 is 23.8 Å². The van der Waals surface area contributed by atoms with Crippen LogP contribution in [-0.4, -0.2) is 25.2 Å². The molecule has 2 amide bonds. The number of nitrogens with one attached hydrogen (secondary N) is 1. The van der Waals surface area contributed by atoms with E-state index in [0.717, 1.165) is 5.56 Å². The molecule has 2 aliphatic rings. The Morgan fingerprint density at radius 2 is 1.70 bits per heavy atom. The summed E-state index contributed by atoms with van der Waals surface area (Å²) in [6.07, 6.45) is 0. The number of ether oxygens (including phenoxy) is 3. The van der Waals surface area contributed by atoms with Crippen LogP contribution in [0.3, 0.4) is 0 Å². The van der Waals surface area contributed by atoms with Crippen LogP contribution >= 0.6 is 0 Å². The number of hydrogen-bond acceptors (Lipinski definition) is 5. The second-order valence-electron chi connectivity index (χ2n) is 6.96. The molecule has 0 atom stereocenters. The minimum absolute atomic E-state index is 0.0112. The number of hydrogen-bond donors (Lipinski definition) is 1. The van der Waals surface area contributed by atoms with Crippen LogP contribution in [0.4, 0.5) is 11.4 Å². The van der Waals surface area contributed by atoms with Gasteiger partial charge in [0.2, 0.25) is 6.79 Å². The molecule has 0 bridgehead atoms. The summed E-state index contributed by atoms with van der Waals surface area (Å²) >= 11 is 0. The zero-order valence-electron chi connectivity index (χ0n) is 16.0. The molecule has 0 spiro atoms. The minimum atomic E-state index is -0.286. The van der Waals surface area contributed by atoms with Crippen molar-refractivity contribution in [3.05, 3.63) is 77.9 Å². The standard InChI is InChI=1S/C23H18N2O5/c26-22-13-28-19-9-7-17(11-18(19)25(22)12-15-4-2-1-3-5-15)24-23(27)16-6-8-20-21(10-16)30-14-29-20/h1-11H,12-14H2,(H,24,27). The molecule has 3 aromatic rings. The maximum absolute atomic E-state index is 12.7. The Balaban J connectivity index is 1.40. The first-order chi connectivity index (χ1) is 14.7. The van der Waals surface area contributed by atoms with Gasteiger partial charge in [-0.1, -0.05) is 30.3 Å². The van der Waals surface area contributed by atoms with E-state index < -0.39 is 0 Å². The van der Waals surface area contributed by atoms with Crippen molar-refractivity contribution >= 4 is 23.2 Å². The summed E-state index contributed by atoms with van der Waals surface area (Å²) in [5.41, 5.74) is 2.64. The number of carbonyl (C=O) groups excluding carboxylic acids is 2. The van der Waals surface area contributed by atoms with Gasteiger partial charge < -0.3 is 24.4 Å². The SMILES string of the molecule is O=C(Nc1ccc2c(c1)N(Cc1ccccc1)C(=O)CO2)c1ccc2c(c1)OCO2. The summed E-state index contributed by atoms with van der Waals surface area (Å²) in [4.78, 5) is 26.9. The summed E-state index contributed by atoms with van der Waals surface area (Å²) in [5, 5.41) is 2.87. The predicted molar refractivity (Wildman–Crippen MR) is 110 cm³/mol. The van der Waals surface area contributed by atoms with E-state index in [4.69, 9.17) is 14.2 Å². The summed E-state index contributed by atoms with van der Waals surface area (Å²) in [6.45, 7) is 0.564. The molecule has 30 heavy (non-hydrogen) atoms. The first-order valence-corrected chi connectivity index (χ1v) is 9.49. The average molecular weight is 402 g/mol. The highest BCUT2D eigenvalue weighted by atomic mass is 16.7. The third-order valence-corrected chi connectivity index (χ3v) is 4.98. The number of fused-ring (bicyclic) bond motifs is 2. The minimum Gasteiger partial charge on any atom is -0.482 e. The van der Waals surface area contributed by atoms with Crippen molar-refractivity contribution in [2.45, 2.75) is 6.54 Å². The maximum atomic E-state index is 12.7. The van der Waals surface area contributed by atoms with E-state index >= 15 is 0 Å². The van der Waals surface area contributed by atoms with Gasteiger partial charge in [-0.3, -0.25) is 9.59 Å². The number of carbonyl (C=O) groups is 2. The highest BCUT2D eigenvalue weighted by molar-refractivity contribution is 6.05. The van der Waals surface area contributed by atoms with Gasteiger partial charge in [-0.15, -0.1) is 0 Å². The molecule has 0 unspecified atom stereocenters. The Labute approximate surface area is 172 Å². The lowest BCUT2D eigenvalue weighted by Gasteiger charge is -2.30. The zero-order chi connectivity index (χ0) is 20.5. The van der Waals surface area contributed by atoms with E-state index in [1.54, 1.807) is 41.3 Å². The third-order valence-electron chi connectivity index (χ3n) is 4.98. The van der Waals surface area contributed by atoms with Gasteiger partial charge in [-0.05, 0) is 42.0 Å². The molecule has 2 aliphatic heterocycles. The molecule has 1 N–H and O–H groups in total. The van der Waals surface area contributed by atoms with E-state index in [0.29, 0.717) is 40.7 Å². The fourth-order valence-corrected chi connectivity index (χ4v) is 3.46. The molecule has 7 nitrogen and oxygen atoms in total. The second kappa shape index (κ2) is 7.44. The highest BCUT2D eigenvalue weighted by Gasteiger charge is 2.26. The molecule has 7 heteroatoms. The molecule has 3 aromatic carbocycles. The summed E-state index contributed by atoms with van der Waals surface area (Å²) in [5.74, 6) is 1.34. The maximum Gasteiger partial charge on any atom is 0.265 e. The van der Waals surface area contributed by atoms with E-state index in [1.165, 1.54) is 0 Å². The molecule has 0 radical (unpaired) electrons. The van der Waals surface area contributed by atoms with Gasteiger partial charge in [0, 0.05) is 11.3 Å². The van der Waals surface area contributed by atoms with E-state index in [9.17, 15) is 9.59 Å². The van der Waals surface area contributed by atoms with Crippen molar-refractivity contribution in [1.82, 2.24) is 0 Å². The first-order valence-electron chi connectivity index (χ1n) is 9.49. The number of amides is 2. The van der Waals surface area contributed by atoms with E-state index in [-0.39, 0.29) is 25.2 Å². The van der Waals surface area contributed by atoms with Gasteiger partial charge in [0.25, 0.3) is 11.8 Å². The fraction of sp³-hybridized carbons (Fsp3) is 0.130. The molecule has 0 aromatic heterocycles. The van der Waals surface area contributed by atoms with Crippen molar-refractivity contribution in [3.63, 3.8) is 0 Å². The second-order valence-corrected chi connectivity index (χ2v) is 6.96. The Bertz CT molecular complexity index is 1130. The van der Waals surface area contributed by atoms with Crippen LogP contribution in [0.1, 0.15) is 15.9 Å². The predicted octanol–water partition coefficient (Wildman–Crippen LogP) is 3.59. The Hall–Kier alpha value is -4.00. The van der Waals surface area contributed by atoms with Crippen LogP contribution in [0.25, 0.3) is 0 Å². The number of nitrogens with zero attached hydrogens (tertiary/aromatic N) is 1. The van der Waals surface area contributed by atoms with Crippen molar-refractivity contribution in [2.75, 3.05) is 23.6 Å². The molecule has 150 valence electrons. The van der Waals surface area contributed by atoms with Crippen LogP contribution in [0.2, 0.25) is 0 Å². The van der Waals surface area contributed by atoms with E-state index in [2.05, 4.69) is 5.32 Å². The molecule has 0 fully saturated rings. The van der Waals surface area contributed by atoms with Crippen LogP contribution < -0.4 is 24.4 Å². The summed E-state index contributed by atoms with van der Waals surface area (Å²) < 4.78 is 16.2. The summed E-state index contributed by atoms with van der Waals surface area (Å²) in [6, 6.07) is 20.0. The number of anilines is 2. The molecular weight excluding hydrogens is 384 g/mol. The topological polar surface area (TPSA) is 77.1 Å². The lowest BCUT2D eigenvalue weighted by atomic mass is 10.1. The Kier molecular flexibility index (Phi) is 4.48. The van der Waals surface area contributed by atoms with Crippen molar-refractivity contribution in [3.8, 4) is 17.2 Å². The van der Waals surface area contributed by atoms with Crippen molar-refractivity contribution in [1.29, 1.82) is 0 Å². The lowest BCUT2D eigenvalue weighted by Crippen LogP contribution is -2.38. The largest absolute Gasteiger partial charge is 0.482 e. The third kappa shape index (κ3) is 3.41. The van der Waals surface area contributed by atoms with E-state index in [1.807, 2.05) is 30.3 Å². The Morgan fingerprint density at radius 1 is 0.900 bits per heavy atom. The van der Waals surface area contributed by atoms with Gasteiger partial charge >= 0.3 is 0 Å². The molecule has 0 aliphatic carbocycles. The zero-order valence-corrected chi connectivity index (χ0v) is 16.0. The normalized spacial score (nSPS) is 14.1. The van der Waals surface area contributed by atoms with Gasteiger partial charge in [0.15, 0.2) is 18.1 Å². The number of rotatable bonds is 4.